The lowest BCUT2D eigenvalue weighted by Crippen LogP contribution is -2.54. The number of carbonyl (C=O) groups excluding carboxylic acids is 1. The normalized spacial score (nSPS) is 19.2. The maximum absolute atomic E-state index is 13.8. The van der Waals surface area contributed by atoms with Crippen molar-refractivity contribution in [1.82, 2.24) is 15.2 Å². The minimum atomic E-state index is -0.339. The van der Waals surface area contributed by atoms with E-state index < -0.39 is 0 Å². The topological polar surface area (TPSA) is 58.4 Å². The van der Waals surface area contributed by atoms with E-state index in [-0.39, 0.29) is 17.8 Å². The third-order valence-corrected chi connectivity index (χ3v) is 3.86. The standard InChI is InChI=1S/C16H18FN3O2/c1-2-13-16(21)18-7-8-20(13)10-15-19-9-14(22-15)11-5-3-4-6-12(11)17/h3-6,9,13H,2,7-8,10H2,1H3,(H,18,21). The van der Waals surface area contributed by atoms with E-state index in [4.69, 9.17) is 4.42 Å². The van der Waals surface area contributed by atoms with E-state index in [1.54, 1.807) is 18.2 Å². The van der Waals surface area contributed by atoms with Gasteiger partial charge >= 0.3 is 0 Å². The molecule has 1 aromatic carbocycles. The molecule has 1 amide bonds. The van der Waals surface area contributed by atoms with Crippen molar-refractivity contribution in [2.24, 2.45) is 0 Å². The molecular weight excluding hydrogens is 285 g/mol. The van der Waals surface area contributed by atoms with Crippen molar-refractivity contribution in [3.05, 3.63) is 42.2 Å². The van der Waals surface area contributed by atoms with E-state index in [0.29, 0.717) is 30.3 Å². The van der Waals surface area contributed by atoms with Gasteiger partial charge in [0.05, 0.1) is 24.3 Å². The van der Waals surface area contributed by atoms with Gasteiger partial charge in [-0.25, -0.2) is 9.37 Å². The quantitative estimate of drug-likeness (QED) is 0.940. The average Bonchev–Trinajstić information content (AvgIpc) is 2.96. The predicted molar refractivity (Wildman–Crippen MR) is 79.4 cm³/mol. The summed E-state index contributed by atoms with van der Waals surface area (Å²) in [5.74, 6) is 0.595. The summed E-state index contributed by atoms with van der Waals surface area (Å²) in [6.07, 6.45) is 2.26. The van der Waals surface area contributed by atoms with Gasteiger partial charge in [-0.1, -0.05) is 19.1 Å². The fourth-order valence-electron chi connectivity index (χ4n) is 2.74. The second-order valence-corrected chi connectivity index (χ2v) is 5.28. The smallest absolute Gasteiger partial charge is 0.237 e. The first-order valence-corrected chi connectivity index (χ1v) is 7.40. The number of halogens is 1. The Balaban J connectivity index is 1.77. The highest BCUT2D eigenvalue weighted by molar-refractivity contribution is 5.82. The minimum absolute atomic E-state index is 0.0367. The Bertz CT molecular complexity index is 671. The molecule has 116 valence electrons. The van der Waals surface area contributed by atoms with Crippen LogP contribution in [-0.2, 0) is 11.3 Å². The molecule has 0 aliphatic carbocycles. The summed E-state index contributed by atoms with van der Waals surface area (Å²) in [7, 11) is 0. The number of nitrogens with one attached hydrogen (secondary N) is 1. The van der Waals surface area contributed by atoms with Gasteiger partial charge in [-0.05, 0) is 18.6 Å². The molecule has 5 nitrogen and oxygen atoms in total. The molecule has 22 heavy (non-hydrogen) atoms. The molecule has 1 N–H and O–H groups in total. The van der Waals surface area contributed by atoms with E-state index in [9.17, 15) is 9.18 Å². The Morgan fingerprint density at radius 2 is 2.27 bits per heavy atom. The molecule has 1 aliphatic rings. The molecule has 0 radical (unpaired) electrons. The molecule has 2 aromatic rings. The van der Waals surface area contributed by atoms with Crippen LogP contribution in [-0.4, -0.2) is 34.9 Å². The first kappa shape index (κ1) is 14.7. The number of hydrogen-bond acceptors (Lipinski definition) is 4. The molecule has 1 aromatic heterocycles. The van der Waals surface area contributed by atoms with Crippen LogP contribution in [0.3, 0.4) is 0 Å². The van der Waals surface area contributed by atoms with Crippen LogP contribution >= 0.6 is 0 Å². The molecule has 1 fully saturated rings. The molecule has 0 spiro atoms. The lowest BCUT2D eigenvalue weighted by molar-refractivity contribution is -0.129. The van der Waals surface area contributed by atoms with E-state index in [2.05, 4.69) is 10.3 Å². The number of oxazole rings is 1. The third kappa shape index (κ3) is 2.87. The van der Waals surface area contributed by atoms with Gasteiger partial charge < -0.3 is 9.73 Å². The Hall–Kier alpha value is -2.21. The van der Waals surface area contributed by atoms with Crippen LogP contribution in [0.2, 0.25) is 0 Å². The lowest BCUT2D eigenvalue weighted by Gasteiger charge is -2.33. The zero-order valence-corrected chi connectivity index (χ0v) is 12.4. The van der Waals surface area contributed by atoms with Gasteiger partial charge in [0.15, 0.2) is 5.76 Å². The molecule has 0 bridgehead atoms. The van der Waals surface area contributed by atoms with Crippen LogP contribution in [0.4, 0.5) is 4.39 Å². The van der Waals surface area contributed by atoms with Crippen molar-refractivity contribution in [1.29, 1.82) is 0 Å². The van der Waals surface area contributed by atoms with Gasteiger partial charge in [0, 0.05) is 13.1 Å². The van der Waals surface area contributed by atoms with Crippen LogP contribution in [0.5, 0.6) is 0 Å². The maximum atomic E-state index is 13.8. The first-order valence-electron chi connectivity index (χ1n) is 7.40. The maximum Gasteiger partial charge on any atom is 0.237 e. The van der Waals surface area contributed by atoms with E-state index in [1.807, 2.05) is 11.8 Å². The zero-order chi connectivity index (χ0) is 15.5. The monoisotopic (exact) mass is 303 g/mol. The highest BCUT2D eigenvalue weighted by Gasteiger charge is 2.29. The van der Waals surface area contributed by atoms with Crippen molar-refractivity contribution in [3.63, 3.8) is 0 Å². The Kier molecular flexibility index (Phi) is 4.20. The summed E-state index contributed by atoms with van der Waals surface area (Å²) in [5, 5.41) is 2.86. The summed E-state index contributed by atoms with van der Waals surface area (Å²) >= 11 is 0. The molecule has 1 atom stereocenters. The van der Waals surface area contributed by atoms with Gasteiger partial charge in [0.25, 0.3) is 0 Å². The van der Waals surface area contributed by atoms with Crippen molar-refractivity contribution in [2.45, 2.75) is 25.9 Å². The first-order chi connectivity index (χ1) is 10.7. The third-order valence-electron chi connectivity index (χ3n) is 3.86. The molecule has 1 saturated heterocycles. The fraction of sp³-hybridized carbons (Fsp3) is 0.375. The fourth-order valence-corrected chi connectivity index (χ4v) is 2.74. The molecule has 6 heteroatoms. The zero-order valence-electron chi connectivity index (χ0n) is 12.4. The van der Waals surface area contributed by atoms with Crippen molar-refractivity contribution in [2.75, 3.05) is 13.1 Å². The van der Waals surface area contributed by atoms with Crippen LogP contribution in [0, 0.1) is 5.82 Å². The molecule has 1 unspecified atom stereocenters. The SMILES string of the molecule is CCC1C(=O)NCCN1Cc1ncc(-c2ccccc2F)o1. The number of amides is 1. The van der Waals surface area contributed by atoms with Crippen LogP contribution in [0.15, 0.2) is 34.9 Å². The van der Waals surface area contributed by atoms with E-state index >= 15 is 0 Å². The second-order valence-electron chi connectivity index (χ2n) is 5.28. The summed E-state index contributed by atoms with van der Waals surface area (Å²) < 4.78 is 19.4. The average molecular weight is 303 g/mol. The molecule has 0 saturated carbocycles. The van der Waals surface area contributed by atoms with Gasteiger partial charge in [0.2, 0.25) is 11.8 Å². The van der Waals surface area contributed by atoms with Crippen molar-refractivity contribution < 1.29 is 13.6 Å². The van der Waals surface area contributed by atoms with Crippen LogP contribution in [0.25, 0.3) is 11.3 Å². The van der Waals surface area contributed by atoms with E-state index in [0.717, 1.165) is 13.0 Å². The minimum Gasteiger partial charge on any atom is -0.439 e. The number of piperazine rings is 1. The highest BCUT2D eigenvalue weighted by atomic mass is 19.1. The summed E-state index contributed by atoms with van der Waals surface area (Å²) in [5.41, 5.74) is 0.393. The van der Waals surface area contributed by atoms with Crippen molar-refractivity contribution >= 4 is 5.91 Å². The number of hydrogen-bond donors (Lipinski definition) is 1. The molecular formula is C16H18FN3O2. The Morgan fingerprint density at radius 1 is 1.45 bits per heavy atom. The number of carbonyl (C=O) groups is 1. The van der Waals surface area contributed by atoms with E-state index in [1.165, 1.54) is 12.3 Å². The number of aromatic nitrogens is 1. The summed E-state index contributed by atoms with van der Waals surface area (Å²) in [4.78, 5) is 18.1. The second kappa shape index (κ2) is 6.27. The summed E-state index contributed by atoms with van der Waals surface area (Å²) in [6.45, 7) is 3.79. The largest absolute Gasteiger partial charge is 0.439 e. The van der Waals surface area contributed by atoms with Gasteiger partial charge in [0.1, 0.15) is 5.82 Å². The van der Waals surface area contributed by atoms with Crippen LogP contribution < -0.4 is 5.32 Å². The molecule has 1 aliphatic heterocycles. The highest BCUT2D eigenvalue weighted by Crippen LogP contribution is 2.24. The molecule has 3 rings (SSSR count). The van der Waals surface area contributed by atoms with Gasteiger partial charge in [-0.3, -0.25) is 9.69 Å². The molecule has 2 heterocycles. The van der Waals surface area contributed by atoms with Crippen molar-refractivity contribution in [3.8, 4) is 11.3 Å². The van der Waals surface area contributed by atoms with Gasteiger partial charge in [-0.15, -0.1) is 0 Å². The predicted octanol–water partition coefficient (Wildman–Crippen LogP) is 2.19. The van der Waals surface area contributed by atoms with Gasteiger partial charge in [-0.2, -0.15) is 0 Å². The number of rotatable bonds is 4. The summed E-state index contributed by atoms with van der Waals surface area (Å²) in [6, 6.07) is 6.26. The number of benzene rings is 1. The Labute approximate surface area is 128 Å². The van der Waals surface area contributed by atoms with Crippen LogP contribution in [0.1, 0.15) is 19.2 Å². The number of nitrogens with zero attached hydrogens (tertiary/aromatic N) is 2. The Morgan fingerprint density at radius 3 is 3.05 bits per heavy atom. The lowest BCUT2D eigenvalue weighted by atomic mass is 10.1.